The number of nitro groups is 1. The molecule has 196 valence electrons. The summed E-state index contributed by atoms with van der Waals surface area (Å²) in [6, 6.07) is 8.57. The Balaban J connectivity index is 2.27. The average molecular weight is 509 g/mol. The summed E-state index contributed by atoms with van der Waals surface area (Å²) in [6.07, 6.45) is 2.76. The maximum absolute atomic E-state index is 14.0. The number of benzene rings is 2. The molecule has 2 aromatic carbocycles. The van der Waals surface area contributed by atoms with E-state index in [-0.39, 0.29) is 41.2 Å². The largest absolute Gasteiger partial charge is 0.426 e. The van der Waals surface area contributed by atoms with Gasteiger partial charge in [0, 0.05) is 30.0 Å². The second-order valence-corrected chi connectivity index (χ2v) is 9.50. The Kier molecular flexibility index (Phi) is 8.57. The summed E-state index contributed by atoms with van der Waals surface area (Å²) >= 11 is 0. The van der Waals surface area contributed by atoms with E-state index in [1.165, 1.54) is 18.2 Å². The van der Waals surface area contributed by atoms with Gasteiger partial charge in [-0.1, -0.05) is 64.8 Å². The van der Waals surface area contributed by atoms with Crippen LogP contribution in [0.1, 0.15) is 104 Å². The van der Waals surface area contributed by atoms with E-state index >= 15 is 0 Å². The fraction of sp³-hybridized carbons (Fsp3) is 0.429. The predicted octanol–water partition coefficient (Wildman–Crippen LogP) is 5.39. The minimum absolute atomic E-state index is 0.0212. The fourth-order valence-electron chi connectivity index (χ4n) is 4.43. The predicted molar refractivity (Wildman–Crippen MR) is 137 cm³/mol. The molecule has 1 N–H and O–H groups in total. The normalized spacial score (nSPS) is 16.6. The van der Waals surface area contributed by atoms with E-state index < -0.39 is 39.6 Å². The van der Waals surface area contributed by atoms with Gasteiger partial charge in [-0.25, -0.2) is 0 Å². The standard InChI is InChI=1S/C28H32N2O7/c1-5-7-12-23(31)29-28(26(33)19-10-9-11-21(30(35)36)25(19)27(28)34)20-15-14-18(17(3)4)16-22(20)37-24(32)13-8-6-2/h9-11,14-17H,5-8,12-13H2,1-4H3,(H,29,31). The van der Waals surface area contributed by atoms with Gasteiger partial charge in [0.25, 0.3) is 5.69 Å². The number of ketones is 2. The Morgan fingerprint density at radius 2 is 1.70 bits per heavy atom. The van der Waals surface area contributed by atoms with Crippen LogP contribution < -0.4 is 10.1 Å². The van der Waals surface area contributed by atoms with Crippen LogP contribution in [-0.2, 0) is 15.1 Å². The van der Waals surface area contributed by atoms with Gasteiger partial charge in [0.05, 0.1) is 4.92 Å². The molecule has 1 amide bonds. The van der Waals surface area contributed by atoms with Crippen LogP contribution in [0.25, 0.3) is 0 Å². The van der Waals surface area contributed by atoms with Crippen molar-refractivity contribution in [3.05, 3.63) is 68.8 Å². The summed E-state index contributed by atoms with van der Waals surface area (Å²) < 4.78 is 5.68. The highest BCUT2D eigenvalue weighted by Crippen LogP contribution is 2.45. The number of fused-ring (bicyclic) bond motifs is 1. The summed E-state index contributed by atoms with van der Waals surface area (Å²) in [4.78, 5) is 64.6. The summed E-state index contributed by atoms with van der Waals surface area (Å²) in [7, 11) is 0. The minimum Gasteiger partial charge on any atom is -0.426 e. The first-order valence-electron chi connectivity index (χ1n) is 12.6. The lowest BCUT2D eigenvalue weighted by molar-refractivity contribution is -0.385. The molecule has 2 aromatic rings. The molecule has 0 saturated heterocycles. The second kappa shape index (κ2) is 11.5. The number of hydrogen-bond donors (Lipinski definition) is 1. The second-order valence-electron chi connectivity index (χ2n) is 9.50. The van der Waals surface area contributed by atoms with Crippen LogP contribution >= 0.6 is 0 Å². The van der Waals surface area contributed by atoms with Gasteiger partial charge in [-0.3, -0.25) is 29.3 Å². The Hall–Kier alpha value is -3.88. The Labute approximate surface area is 215 Å². The Morgan fingerprint density at radius 1 is 1.03 bits per heavy atom. The quantitative estimate of drug-likeness (QED) is 0.141. The zero-order valence-electron chi connectivity index (χ0n) is 21.6. The number of carbonyl (C=O) groups excluding carboxylic acids is 4. The number of ether oxygens (including phenoxy) is 1. The van der Waals surface area contributed by atoms with Crippen molar-refractivity contribution >= 4 is 29.1 Å². The van der Waals surface area contributed by atoms with Gasteiger partial charge in [-0.15, -0.1) is 0 Å². The van der Waals surface area contributed by atoms with Crippen molar-refractivity contribution in [2.45, 2.75) is 77.7 Å². The first kappa shape index (κ1) is 27.7. The molecule has 0 saturated carbocycles. The van der Waals surface area contributed by atoms with E-state index in [4.69, 9.17) is 4.74 Å². The molecule has 0 spiro atoms. The van der Waals surface area contributed by atoms with E-state index in [2.05, 4.69) is 5.32 Å². The summed E-state index contributed by atoms with van der Waals surface area (Å²) in [5, 5.41) is 14.4. The lowest BCUT2D eigenvalue weighted by Crippen LogP contribution is -2.54. The van der Waals surface area contributed by atoms with Crippen molar-refractivity contribution < 1.29 is 28.8 Å². The Morgan fingerprint density at radius 3 is 2.32 bits per heavy atom. The van der Waals surface area contributed by atoms with Crippen LogP contribution in [0, 0.1) is 10.1 Å². The van der Waals surface area contributed by atoms with Crippen LogP contribution in [-0.4, -0.2) is 28.4 Å². The monoisotopic (exact) mass is 508 g/mol. The molecule has 0 fully saturated rings. The van der Waals surface area contributed by atoms with Gasteiger partial charge in [-0.2, -0.15) is 0 Å². The number of Topliss-reactive ketones (excluding diaryl/α,β-unsaturated/α-hetero) is 2. The van der Waals surface area contributed by atoms with Gasteiger partial charge >= 0.3 is 5.97 Å². The topological polar surface area (TPSA) is 133 Å². The first-order valence-corrected chi connectivity index (χ1v) is 12.6. The SMILES string of the molecule is CCCCC(=O)NC1(c2ccc(C(C)C)cc2OC(=O)CCCC)C(=O)c2cccc([N+](=O)[O-])c2C1=O. The van der Waals surface area contributed by atoms with E-state index in [0.717, 1.165) is 18.1 Å². The smallest absolute Gasteiger partial charge is 0.311 e. The van der Waals surface area contributed by atoms with Crippen LogP contribution in [0.5, 0.6) is 5.75 Å². The maximum atomic E-state index is 14.0. The van der Waals surface area contributed by atoms with E-state index in [1.807, 2.05) is 27.7 Å². The molecule has 0 aromatic heterocycles. The molecule has 3 rings (SSSR count). The third-order valence-corrected chi connectivity index (χ3v) is 6.51. The number of hydrogen-bond acceptors (Lipinski definition) is 7. The van der Waals surface area contributed by atoms with Crippen molar-refractivity contribution in [3.63, 3.8) is 0 Å². The molecular formula is C28H32N2O7. The molecular weight excluding hydrogens is 476 g/mol. The molecule has 0 bridgehead atoms. The van der Waals surface area contributed by atoms with Crippen LogP contribution in [0.3, 0.4) is 0 Å². The molecule has 37 heavy (non-hydrogen) atoms. The number of esters is 1. The van der Waals surface area contributed by atoms with E-state index in [0.29, 0.717) is 19.3 Å². The Bertz CT molecular complexity index is 1250. The minimum atomic E-state index is -2.30. The highest BCUT2D eigenvalue weighted by molar-refractivity contribution is 6.35. The highest BCUT2D eigenvalue weighted by Gasteiger charge is 2.59. The number of amides is 1. The fourth-order valence-corrected chi connectivity index (χ4v) is 4.43. The molecule has 1 aliphatic rings. The van der Waals surface area contributed by atoms with Crippen molar-refractivity contribution in [2.75, 3.05) is 0 Å². The van der Waals surface area contributed by atoms with Gasteiger partial charge in [0.1, 0.15) is 11.3 Å². The number of carbonyl (C=O) groups is 4. The van der Waals surface area contributed by atoms with E-state index in [9.17, 15) is 29.3 Å². The van der Waals surface area contributed by atoms with Crippen molar-refractivity contribution in [1.82, 2.24) is 5.32 Å². The average Bonchev–Trinajstić information content (AvgIpc) is 3.08. The molecule has 0 heterocycles. The van der Waals surface area contributed by atoms with Crippen molar-refractivity contribution in [2.24, 2.45) is 0 Å². The number of nitro benzene ring substituents is 1. The highest BCUT2D eigenvalue weighted by atomic mass is 16.6. The third kappa shape index (κ3) is 5.30. The summed E-state index contributed by atoms with van der Waals surface area (Å²) in [5.41, 5.74) is -2.59. The van der Waals surface area contributed by atoms with Gasteiger partial charge < -0.3 is 10.1 Å². The molecule has 0 radical (unpaired) electrons. The van der Waals surface area contributed by atoms with Crippen molar-refractivity contribution in [1.29, 1.82) is 0 Å². The van der Waals surface area contributed by atoms with Crippen LogP contribution in [0.4, 0.5) is 5.69 Å². The molecule has 1 unspecified atom stereocenters. The van der Waals surface area contributed by atoms with Gasteiger partial charge in [0.15, 0.2) is 5.54 Å². The lowest BCUT2D eigenvalue weighted by Gasteiger charge is -2.30. The molecule has 0 aliphatic heterocycles. The van der Waals surface area contributed by atoms with E-state index in [1.54, 1.807) is 12.1 Å². The van der Waals surface area contributed by atoms with Gasteiger partial charge in [0.2, 0.25) is 17.5 Å². The summed E-state index contributed by atoms with van der Waals surface area (Å²) in [5.74, 6) is -2.82. The maximum Gasteiger partial charge on any atom is 0.311 e. The van der Waals surface area contributed by atoms with Crippen LogP contribution in [0.2, 0.25) is 0 Å². The molecule has 1 aliphatic carbocycles. The van der Waals surface area contributed by atoms with Crippen molar-refractivity contribution in [3.8, 4) is 5.75 Å². The number of nitrogens with one attached hydrogen (secondary N) is 1. The zero-order valence-corrected chi connectivity index (χ0v) is 21.6. The lowest BCUT2D eigenvalue weighted by atomic mass is 9.82. The number of nitrogens with zero attached hydrogens (tertiary/aromatic N) is 1. The number of unbranched alkanes of at least 4 members (excludes halogenated alkanes) is 2. The summed E-state index contributed by atoms with van der Waals surface area (Å²) in [6.45, 7) is 7.70. The first-order chi connectivity index (χ1) is 17.6. The third-order valence-electron chi connectivity index (χ3n) is 6.51. The molecule has 1 atom stereocenters. The molecule has 9 nitrogen and oxygen atoms in total. The number of rotatable bonds is 11. The van der Waals surface area contributed by atoms with Gasteiger partial charge in [-0.05, 0) is 30.4 Å². The van der Waals surface area contributed by atoms with Crippen LogP contribution in [0.15, 0.2) is 36.4 Å². The molecule has 9 heteroatoms. The zero-order chi connectivity index (χ0) is 27.3.